The highest BCUT2D eigenvalue weighted by Crippen LogP contribution is 2.30. The Bertz CT molecular complexity index is 851. The molecule has 5 nitrogen and oxygen atoms in total. The van der Waals surface area contributed by atoms with Crippen LogP contribution in [0.4, 0.5) is 18.9 Å². The van der Waals surface area contributed by atoms with Crippen LogP contribution in [0.5, 0.6) is 5.75 Å². The molecule has 1 N–H and O–H groups in total. The van der Waals surface area contributed by atoms with Gasteiger partial charge in [0.25, 0.3) is 0 Å². The number of carbonyl (C=O) groups excluding carboxylic acids is 2. The zero-order valence-corrected chi connectivity index (χ0v) is 16.4. The summed E-state index contributed by atoms with van der Waals surface area (Å²) in [6, 6.07) is 11.6. The van der Waals surface area contributed by atoms with Gasteiger partial charge in [-0.05, 0) is 35.7 Å². The second-order valence-corrected chi connectivity index (χ2v) is 6.75. The number of nitrogens with zero attached hydrogens (tertiary/aromatic N) is 1. The van der Waals surface area contributed by atoms with Gasteiger partial charge in [-0.2, -0.15) is 13.2 Å². The molecule has 0 aromatic heterocycles. The summed E-state index contributed by atoms with van der Waals surface area (Å²) in [5, 5.41) is 2.69. The monoisotopic (exact) mass is 408 g/mol. The largest absolute Gasteiger partial charge is 0.497 e. The number of rotatable bonds is 7. The van der Waals surface area contributed by atoms with Crippen LogP contribution in [0.3, 0.4) is 0 Å². The molecule has 0 bridgehead atoms. The van der Waals surface area contributed by atoms with Crippen molar-refractivity contribution in [2.45, 2.75) is 25.4 Å². The van der Waals surface area contributed by atoms with Crippen LogP contribution < -0.4 is 10.1 Å². The first-order valence-electron chi connectivity index (χ1n) is 8.95. The van der Waals surface area contributed by atoms with E-state index < -0.39 is 11.7 Å². The van der Waals surface area contributed by atoms with E-state index in [4.69, 9.17) is 4.74 Å². The van der Waals surface area contributed by atoms with Gasteiger partial charge in [-0.3, -0.25) is 9.59 Å². The van der Waals surface area contributed by atoms with E-state index in [1.165, 1.54) is 31.2 Å². The number of carbonyl (C=O) groups is 2. The van der Waals surface area contributed by atoms with Crippen molar-refractivity contribution in [1.29, 1.82) is 0 Å². The van der Waals surface area contributed by atoms with E-state index in [0.717, 1.165) is 12.1 Å². The number of anilines is 1. The molecular weight excluding hydrogens is 385 g/mol. The Kier molecular flexibility index (Phi) is 7.25. The van der Waals surface area contributed by atoms with Crippen LogP contribution in [-0.2, 0) is 15.8 Å². The highest BCUT2D eigenvalue weighted by Gasteiger charge is 2.30. The second kappa shape index (κ2) is 9.45. The molecule has 0 radical (unpaired) electrons. The van der Waals surface area contributed by atoms with Crippen molar-refractivity contribution < 1.29 is 27.5 Å². The second-order valence-electron chi connectivity index (χ2n) is 6.75. The highest BCUT2D eigenvalue weighted by molar-refractivity contribution is 5.94. The molecule has 2 rings (SSSR count). The Morgan fingerprint density at radius 2 is 1.79 bits per heavy atom. The molecule has 1 unspecified atom stereocenters. The van der Waals surface area contributed by atoms with Crippen molar-refractivity contribution in [2.75, 3.05) is 26.0 Å². The van der Waals surface area contributed by atoms with Crippen LogP contribution in [-0.4, -0.2) is 37.4 Å². The molecule has 29 heavy (non-hydrogen) atoms. The molecule has 2 aromatic rings. The summed E-state index contributed by atoms with van der Waals surface area (Å²) in [6.45, 7) is 1.61. The fraction of sp³-hybridized carbons (Fsp3) is 0.333. The Morgan fingerprint density at radius 1 is 1.14 bits per heavy atom. The summed E-state index contributed by atoms with van der Waals surface area (Å²) in [4.78, 5) is 25.8. The van der Waals surface area contributed by atoms with E-state index >= 15 is 0 Å². The fourth-order valence-corrected chi connectivity index (χ4v) is 2.74. The normalized spacial score (nSPS) is 12.2. The van der Waals surface area contributed by atoms with Crippen LogP contribution in [0.2, 0.25) is 0 Å². The van der Waals surface area contributed by atoms with Gasteiger partial charge in [-0.25, -0.2) is 0 Å². The molecule has 0 heterocycles. The van der Waals surface area contributed by atoms with Crippen LogP contribution in [0.1, 0.15) is 30.4 Å². The Balaban J connectivity index is 1.89. The van der Waals surface area contributed by atoms with Gasteiger partial charge < -0.3 is 15.0 Å². The third kappa shape index (κ3) is 6.51. The number of benzene rings is 2. The molecule has 0 spiro atoms. The average molecular weight is 408 g/mol. The predicted octanol–water partition coefficient (Wildman–Crippen LogP) is 4.30. The van der Waals surface area contributed by atoms with Gasteiger partial charge in [0.2, 0.25) is 11.8 Å². The third-order valence-electron chi connectivity index (χ3n) is 4.45. The van der Waals surface area contributed by atoms with Crippen molar-refractivity contribution in [3.05, 3.63) is 59.7 Å². The van der Waals surface area contributed by atoms with Crippen LogP contribution in [0, 0.1) is 0 Å². The summed E-state index contributed by atoms with van der Waals surface area (Å²) >= 11 is 0. The van der Waals surface area contributed by atoms with Crippen molar-refractivity contribution in [2.24, 2.45) is 0 Å². The summed E-state index contributed by atoms with van der Waals surface area (Å²) in [6.07, 6.45) is -4.32. The predicted molar refractivity (Wildman–Crippen MR) is 104 cm³/mol. The first kappa shape index (κ1) is 22.3. The van der Waals surface area contributed by atoms with E-state index in [0.29, 0.717) is 17.0 Å². The Labute approximate surface area is 167 Å². The van der Waals surface area contributed by atoms with Crippen LogP contribution >= 0.6 is 0 Å². The summed E-state index contributed by atoms with van der Waals surface area (Å²) in [5.41, 5.74) is 0.444. The lowest BCUT2D eigenvalue weighted by Gasteiger charge is -2.20. The van der Waals surface area contributed by atoms with Crippen LogP contribution in [0.15, 0.2) is 48.5 Å². The molecule has 2 amide bonds. The zero-order chi connectivity index (χ0) is 21.6. The summed E-state index contributed by atoms with van der Waals surface area (Å²) in [5.74, 6) is -0.333. The topological polar surface area (TPSA) is 58.6 Å². The molecule has 1 atom stereocenters. The van der Waals surface area contributed by atoms with Gasteiger partial charge >= 0.3 is 6.18 Å². The number of likely N-dealkylation sites (N-methyl/N-ethyl adjacent to an activating group) is 1. The minimum Gasteiger partial charge on any atom is -0.497 e. The maximum atomic E-state index is 12.7. The fourth-order valence-electron chi connectivity index (χ4n) is 2.74. The summed E-state index contributed by atoms with van der Waals surface area (Å²) < 4.78 is 43.0. The molecule has 0 fully saturated rings. The lowest BCUT2D eigenvalue weighted by molar-refractivity contribution is -0.137. The maximum Gasteiger partial charge on any atom is 0.416 e. The molecule has 156 valence electrons. The van der Waals surface area contributed by atoms with Gasteiger partial charge in [0.1, 0.15) is 5.75 Å². The highest BCUT2D eigenvalue weighted by atomic mass is 19.4. The van der Waals surface area contributed by atoms with Gasteiger partial charge in [0.15, 0.2) is 0 Å². The number of nitrogens with one attached hydrogen (secondary N) is 1. The molecular formula is C21H23F3N2O3. The lowest BCUT2D eigenvalue weighted by atomic mass is 9.96. The Hall–Kier alpha value is -3.03. The minimum atomic E-state index is -4.39. The SMILES string of the molecule is COc1cccc(NC(=O)CN(C)C(=O)CC(C)c2ccc(C(F)(F)F)cc2)c1. The smallest absolute Gasteiger partial charge is 0.416 e. The zero-order valence-electron chi connectivity index (χ0n) is 16.4. The first-order valence-corrected chi connectivity index (χ1v) is 8.95. The van der Waals surface area contributed by atoms with Gasteiger partial charge in [-0.1, -0.05) is 25.1 Å². The molecule has 0 saturated carbocycles. The standard InChI is InChI=1S/C21H23F3N2O3/c1-14(15-7-9-16(10-8-15)21(22,23)24)11-20(28)26(2)13-19(27)25-17-5-4-6-18(12-17)29-3/h4-10,12,14H,11,13H2,1-3H3,(H,25,27). The van der Waals surface area contributed by atoms with Crippen molar-refractivity contribution in [3.63, 3.8) is 0 Å². The van der Waals surface area contributed by atoms with Crippen molar-refractivity contribution >= 4 is 17.5 Å². The first-order chi connectivity index (χ1) is 13.6. The van der Waals surface area contributed by atoms with Gasteiger partial charge in [0, 0.05) is 25.2 Å². The van der Waals surface area contributed by atoms with Gasteiger partial charge in [-0.15, -0.1) is 0 Å². The molecule has 0 saturated heterocycles. The van der Waals surface area contributed by atoms with E-state index in [1.54, 1.807) is 31.2 Å². The number of alkyl halides is 3. The number of hydrogen-bond donors (Lipinski definition) is 1. The number of amides is 2. The molecule has 0 aliphatic carbocycles. The molecule has 8 heteroatoms. The van der Waals surface area contributed by atoms with E-state index in [9.17, 15) is 22.8 Å². The van der Waals surface area contributed by atoms with Crippen LogP contribution in [0.25, 0.3) is 0 Å². The van der Waals surface area contributed by atoms with E-state index in [1.807, 2.05) is 0 Å². The summed E-state index contributed by atoms with van der Waals surface area (Å²) in [7, 11) is 3.03. The quantitative estimate of drug-likeness (QED) is 0.743. The average Bonchev–Trinajstić information content (AvgIpc) is 2.67. The van der Waals surface area contributed by atoms with E-state index in [-0.39, 0.29) is 30.7 Å². The molecule has 0 aliphatic heterocycles. The van der Waals surface area contributed by atoms with Crippen molar-refractivity contribution in [3.8, 4) is 5.75 Å². The molecule has 2 aromatic carbocycles. The Morgan fingerprint density at radius 3 is 2.38 bits per heavy atom. The minimum absolute atomic E-state index is 0.0777. The van der Waals surface area contributed by atoms with Gasteiger partial charge in [0.05, 0.1) is 19.2 Å². The number of halogens is 3. The van der Waals surface area contributed by atoms with Crippen molar-refractivity contribution in [1.82, 2.24) is 4.90 Å². The third-order valence-corrected chi connectivity index (χ3v) is 4.45. The number of hydrogen-bond acceptors (Lipinski definition) is 3. The molecule has 0 aliphatic rings. The lowest BCUT2D eigenvalue weighted by Crippen LogP contribution is -2.35. The number of methoxy groups -OCH3 is 1. The maximum absolute atomic E-state index is 12.7. The number of ether oxygens (including phenoxy) is 1. The van der Waals surface area contributed by atoms with E-state index in [2.05, 4.69) is 5.32 Å².